The standard InChI is InChI=1S/C7H12N2O/c1-6(2)5-9-4-3-8-7(9)10/h3-4,6H,5H2,1-2H3,(H,8,10). The highest BCUT2D eigenvalue weighted by Crippen LogP contribution is 1.93. The summed E-state index contributed by atoms with van der Waals surface area (Å²) >= 11 is 0. The highest BCUT2D eigenvalue weighted by Gasteiger charge is 1.97. The highest BCUT2D eigenvalue weighted by atomic mass is 16.1. The van der Waals surface area contributed by atoms with Gasteiger partial charge in [-0.1, -0.05) is 13.8 Å². The molecule has 1 rings (SSSR count). The largest absolute Gasteiger partial charge is 0.325 e. The molecule has 0 saturated carbocycles. The SMILES string of the molecule is CC(C)Cn1cc[nH]c1=O. The van der Waals surface area contributed by atoms with Gasteiger partial charge in [0.1, 0.15) is 0 Å². The van der Waals surface area contributed by atoms with Crippen molar-refractivity contribution in [1.82, 2.24) is 9.55 Å². The fourth-order valence-electron chi connectivity index (χ4n) is 0.886. The van der Waals surface area contributed by atoms with Crippen molar-refractivity contribution in [2.45, 2.75) is 20.4 Å². The summed E-state index contributed by atoms with van der Waals surface area (Å²) < 4.78 is 1.67. The number of aromatic nitrogens is 2. The van der Waals surface area contributed by atoms with Crippen molar-refractivity contribution in [3.8, 4) is 0 Å². The molecule has 1 aromatic heterocycles. The minimum atomic E-state index is -0.0197. The van der Waals surface area contributed by atoms with Crippen LogP contribution in [-0.2, 0) is 6.54 Å². The lowest BCUT2D eigenvalue weighted by atomic mass is 10.2. The molecule has 0 bridgehead atoms. The van der Waals surface area contributed by atoms with Crippen LogP contribution in [0, 0.1) is 5.92 Å². The number of imidazole rings is 1. The Morgan fingerprint density at radius 1 is 1.70 bits per heavy atom. The molecule has 0 aromatic carbocycles. The number of rotatable bonds is 2. The van der Waals surface area contributed by atoms with Crippen LogP contribution in [0.2, 0.25) is 0 Å². The van der Waals surface area contributed by atoms with Crippen molar-refractivity contribution in [3.05, 3.63) is 22.9 Å². The molecule has 0 unspecified atom stereocenters. The molecule has 0 atom stereocenters. The molecule has 0 radical (unpaired) electrons. The van der Waals surface area contributed by atoms with E-state index in [1.54, 1.807) is 17.0 Å². The van der Waals surface area contributed by atoms with Gasteiger partial charge in [0.05, 0.1) is 0 Å². The summed E-state index contributed by atoms with van der Waals surface area (Å²) in [5.74, 6) is 0.522. The minimum absolute atomic E-state index is 0.0197. The van der Waals surface area contributed by atoms with Gasteiger partial charge in [-0.3, -0.25) is 4.57 Å². The average Bonchev–Trinajstić information content (AvgIpc) is 2.15. The molecule has 0 aliphatic rings. The van der Waals surface area contributed by atoms with Gasteiger partial charge in [0.2, 0.25) is 0 Å². The smallest absolute Gasteiger partial charge is 0.313 e. The molecular weight excluding hydrogens is 128 g/mol. The first-order valence-corrected chi connectivity index (χ1v) is 3.44. The second kappa shape index (κ2) is 2.73. The summed E-state index contributed by atoms with van der Waals surface area (Å²) in [7, 11) is 0. The number of aromatic amines is 1. The maximum atomic E-state index is 10.9. The van der Waals surface area contributed by atoms with E-state index in [2.05, 4.69) is 18.8 Å². The van der Waals surface area contributed by atoms with Gasteiger partial charge in [-0.25, -0.2) is 4.79 Å². The average molecular weight is 140 g/mol. The van der Waals surface area contributed by atoms with Crippen molar-refractivity contribution in [2.75, 3.05) is 0 Å². The van der Waals surface area contributed by atoms with E-state index in [9.17, 15) is 4.79 Å². The monoisotopic (exact) mass is 140 g/mol. The van der Waals surface area contributed by atoms with E-state index in [4.69, 9.17) is 0 Å². The van der Waals surface area contributed by atoms with Crippen LogP contribution < -0.4 is 5.69 Å². The third kappa shape index (κ3) is 1.50. The van der Waals surface area contributed by atoms with E-state index in [1.807, 2.05) is 0 Å². The zero-order valence-corrected chi connectivity index (χ0v) is 6.29. The third-order valence-electron chi connectivity index (χ3n) is 1.28. The predicted molar refractivity (Wildman–Crippen MR) is 39.9 cm³/mol. The number of H-pyrrole nitrogens is 1. The molecule has 1 aromatic rings. The van der Waals surface area contributed by atoms with Crippen LogP contribution in [-0.4, -0.2) is 9.55 Å². The maximum absolute atomic E-state index is 10.9. The van der Waals surface area contributed by atoms with Gasteiger partial charge < -0.3 is 4.98 Å². The number of hydrogen-bond donors (Lipinski definition) is 1. The first-order chi connectivity index (χ1) is 4.70. The van der Waals surface area contributed by atoms with Gasteiger partial charge in [-0.2, -0.15) is 0 Å². The summed E-state index contributed by atoms with van der Waals surface area (Å²) in [6, 6.07) is 0. The fourth-order valence-corrected chi connectivity index (χ4v) is 0.886. The van der Waals surface area contributed by atoms with Crippen LogP contribution >= 0.6 is 0 Å². The first kappa shape index (κ1) is 7.12. The molecule has 0 spiro atoms. The zero-order chi connectivity index (χ0) is 7.56. The Labute approximate surface area is 59.7 Å². The molecule has 0 aliphatic heterocycles. The van der Waals surface area contributed by atoms with E-state index in [1.165, 1.54) is 0 Å². The summed E-state index contributed by atoms with van der Waals surface area (Å²) in [4.78, 5) is 13.4. The Hall–Kier alpha value is -0.990. The molecule has 1 N–H and O–H groups in total. The molecule has 0 fully saturated rings. The van der Waals surface area contributed by atoms with Crippen molar-refractivity contribution >= 4 is 0 Å². The maximum Gasteiger partial charge on any atom is 0.325 e. The normalized spacial score (nSPS) is 10.7. The molecular formula is C7H12N2O. The summed E-state index contributed by atoms with van der Waals surface area (Å²) in [5.41, 5.74) is -0.0197. The second-order valence-electron chi connectivity index (χ2n) is 2.81. The van der Waals surface area contributed by atoms with Crippen LogP contribution in [0.1, 0.15) is 13.8 Å². The summed E-state index contributed by atoms with van der Waals surface area (Å²) in [5, 5.41) is 0. The summed E-state index contributed by atoms with van der Waals surface area (Å²) in [6.07, 6.45) is 3.42. The minimum Gasteiger partial charge on any atom is -0.313 e. The van der Waals surface area contributed by atoms with E-state index >= 15 is 0 Å². The van der Waals surface area contributed by atoms with E-state index in [0.29, 0.717) is 5.92 Å². The van der Waals surface area contributed by atoms with Crippen molar-refractivity contribution in [2.24, 2.45) is 5.92 Å². The quantitative estimate of drug-likeness (QED) is 0.649. The van der Waals surface area contributed by atoms with Gasteiger partial charge in [0, 0.05) is 18.9 Å². The Balaban J connectivity index is 2.75. The molecule has 0 saturated heterocycles. The van der Waals surface area contributed by atoms with Gasteiger partial charge >= 0.3 is 5.69 Å². The van der Waals surface area contributed by atoms with Crippen molar-refractivity contribution in [3.63, 3.8) is 0 Å². The fraction of sp³-hybridized carbons (Fsp3) is 0.571. The van der Waals surface area contributed by atoms with E-state index < -0.39 is 0 Å². The molecule has 56 valence electrons. The van der Waals surface area contributed by atoms with E-state index in [0.717, 1.165) is 6.54 Å². The lowest BCUT2D eigenvalue weighted by Crippen LogP contribution is -2.18. The molecule has 0 aliphatic carbocycles. The zero-order valence-electron chi connectivity index (χ0n) is 6.29. The number of hydrogen-bond acceptors (Lipinski definition) is 1. The Kier molecular flexibility index (Phi) is 1.94. The first-order valence-electron chi connectivity index (χ1n) is 3.44. The van der Waals surface area contributed by atoms with Crippen LogP contribution in [0.5, 0.6) is 0 Å². The lowest BCUT2D eigenvalue weighted by Gasteiger charge is -2.02. The molecule has 0 amide bonds. The van der Waals surface area contributed by atoms with Crippen LogP contribution in [0.25, 0.3) is 0 Å². The molecule has 1 heterocycles. The number of nitrogens with zero attached hydrogens (tertiary/aromatic N) is 1. The van der Waals surface area contributed by atoms with Crippen molar-refractivity contribution in [1.29, 1.82) is 0 Å². The van der Waals surface area contributed by atoms with E-state index in [-0.39, 0.29) is 5.69 Å². The number of nitrogens with one attached hydrogen (secondary N) is 1. The van der Waals surface area contributed by atoms with Gasteiger partial charge in [-0.15, -0.1) is 0 Å². The van der Waals surface area contributed by atoms with Gasteiger partial charge in [-0.05, 0) is 5.92 Å². The highest BCUT2D eigenvalue weighted by molar-refractivity contribution is 4.75. The van der Waals surface area contributed by atoms with Crippen LogP contribution in [0.15, 0.2) is 17.2 Å². The van der Waals surface area contributed by atoms with Gasteiger partial charge in [0.15, 0.2) is 0 Å². The third-order valence-corrected chi connectivity index (χ3v) is 1.28. The molecule has 10 heavy (non-hydrogen) atoms. The topological polar surface area (TPSA) is 37.8 Å². The van der Waals surface area contributed by atoms with Crippen molar-refractivity contribution < 1.29 is 0 Å². The Morgan fingerprint density at radius 2 is 2.40 bits per heavy atom. The van der Waals surface area contributed by atoms with Crippen LogP contribution in [0.4, 0.5) is 0 Å². The Morgan fingerprint density at radius 3 is 2.80 bits per heavy atom. The molecule has 3 heteroatoms. The summed E-state index contributed by atoms with van der Waals surface area (Å²) in [6.45, 7) is 4.96. The molecule has 3 nitrogen and oxygen atoms in total. The Bertz CT molecular complexity index is 246. The lowest BCUT2D eigenvalue weighted by molar-refractivity contribution is 0.512. The van der Waals surface area contributed by atoms with Crippen LogP contribution in [0.3, 0.4) is 0 Å². The van der Waals surface area contributed by atoms with Gasteiger partial charge in [0.25, 0.3) is 0 Å². The predicted octanol–water partition coefficient (Wildman–Crippen LogP) is 0.832. The second-order valence-corrected chi connectivity index (χ2v) is 2.81.